The zero-order valence-electron chi connectivity index (χ0n) is 15.8. The summed E-state index contributed by atoms with van der Waals surface area (Å²) in [7, 11) is -3.35. The Balaban J connectivity index is 1.61. The second kappa shape index (κ2) is 7.88. The number of nitrogens with zero attached hydrogens (tertiary/aromatic N) is 2. The van der Waals surface area contributed by atoms with Gasteiger partial charge in [0.2, 0.25) is 21.8 Å². The number of amides is 3. The minimum Gasteiger partial charge on any atom is -0.340 e. The number of rotatable bonds is 4. The normalized spacial score (nSPS) is 21.0. The van der Waals surface area contributed by atoms with E-state index in [1.165, 1.54) is 9.21 Å². The highest BCUT2D eigenvalue weighted by Crippen LogP contribution is 2.19. The number of nitrogens with one attached hydrogen (secondary N) is 2. The molecule has 3 amide bonds. The fourth-order valence-corrected chi connectivity index (χ4v) is 4.52. The minimum atomic E-state index is -3.35. The van der Waals surface area contributed by atoms with Gasteiger partial charge in [-0.2, -0.15) is 4.31 Å². The van der Waals surface area contributed by atoms with Crippen molar-refractivity contribution < 1.29 is 22.8 Å². The molecule has 1 fully saturated rings. The number of sulfonamides is 1. The van der Waals surface area contributed by atoms with E-state index in [9.17, 15) is 22.8 Å². The van der Waals surface area contributed by atoms with Crippen LogP contribution in [0.15, 0.2) is 24.3 Å². The van der Waals surface area contributed by atoms with Gasteiger partial charge in [-0.1, -0.05) is 12.1 Å². The Hall–Kier alpha value is -2.46. The van der Waals surface area contributed by atoms with Crippen LogP contribution in [0.4, 0.5) is 5.69 Å². The standard InChI is InChI=1S/C18H24N4O5S/c1-12(2)28(26,27)22-9-7-21(8-10-22)16(23)11-15-18(25)19-14-6-4-3-5-13(14)17(24)20-15/h3-6,12,15H,7-11H2,1-2H3,(H,19,25)(H,20,24). The highest BCUT2D eigenvalue weighted by Gasteiger charge is 2.34. The van der Waals surface area contributed by atoms with Gasteiger partial charge in [-0.15, -0.1) is 0 Å². The molecule has 0 aliphatic carbocycles. The lowest BCUT2D eigenvalue weighted by Crippen LogP contribution is -2.53. The molecule has 0 aromatic heterocycles. The summed E-state index contributed by atoms with van der Waals surface area (Å²) in [5.74, 6) is -1.17. The molecule has 0 spiro atoms. The van der Waals surface area contributed by atoms with Crippen LogP contribution in [-0.2, 0) is 19.6 Å². The monoisotopic (exact) mass is 408 g/mol. The SMILES string of the molecule is CC(C)S(=O)(=O)N1CCN(C(=O)CC2NC(=O)c3ccccc3NC2=O)CC1. The molecule has 2 aliphatic heterocycles. The van der Waals surface area contributed by atoms with Crippen LogP contribution in [0.3, 0.4) is 0 Å². The van der Waals surface area contributed by atoms with Crippen molar-refractivity contribution in [2.45, 2.75) is 31.6 Å². The Bertz CT molecular complexity index is 891. The molecule has 28 heavy (non-hydrogen) atoms. The van der Waals surface area contributed by atoms with Crippen molar-refractivity contribution in [3.63, 3.8) is 0 Å². The maximum absolute atomic E-state index is 12.6. The molecule has 2 aliphatic rings. The Morgan fingerprint density at radius 2 is 1.79 bits per heavy atom. The number of carbonyl (C=O) groups is 3. The molecule has 3 rings (SSSR count). The third-order valence-electron chi connectivity index (χ3n) is 4.98. The van der Waals surface area contributed by atoms with E-state index < -0.39 is 33.1 Å². The Labute approximate surface area is 164 Å². The second-order valence-corrected chi connectivity index (χ2v) is 9.63. The number of piperazine rings is 1. The molecule has 0 bridgehead atoms. The summed E-state index contributed by atoms with van der Waals surface area (Å²) in [4.78, 5) is 38.9. The van der Waals surface area contributed by atoms with E-state index in [0.717, 1.165) is 0 Å². The molecule has 1 unspecified atom stereocenters. The molecule has 0 radical (unpaired) electrons. The summed E-state index contributed by atoms with van der Waals surface area (Å²) in [5.41, 5.74) is 0.755. The number of benzene rings is 1. The van der Waals surface area contributed by atoms with Crippen molar-refractivity contribution in [1.29, 1.82) is 0 Å². The van der Waals surface area contributed by atoms with E-state index in [2.05, 4.69) is 10.6 Å². The zero-order chi connectivity index (χ0) is 20.5. The van der Waals surface area contributed by atoms with E-state index in [0.29, 0.717) is 11.3 Å². The molecule has 2 heterocycles. The van der Waals surface area contributed by atoms with E-state index in [1.54, 1.807) is 38.1 Å². The Morgan fingerprint density at radius 1 is 1.14 bits per heavy atom. The smallest absolute Gasteiger partial charge is 0.254 e. The zero-order valence-corrected chi connectivity index (χ0v) is 16.7. The van der Waals surface area contributed by atoms with Crippen LogP contribution in [0.1, 0.15) is 30.6 Å². The van der Waals surface area contributed by atoms with Gasteiger partial charge in [0.05, 0.1) is 22.9 Å². The maximum atomic E-state index is 12.6. The number of fused-ring (bicyclic) bond motifs is 1. The summed E-state index contributed by atoms with van der Waals surface area (Å²) in [6.07, 6.45) is -0.178. The van der Waals surface area contributed by atoms with E-state index in [4.69, 9.17) is 0 Å². The van der Waals surface area contributed by atoms with Crippen molar-refractivity contribution in [3.05, 3.63) is 29.8 Å². The molecular weight excluding hydrogens is 384 g/mol. The molecule has 1 aromatic carbocycles. The first-order valence-corrected chi connectivity index (χ1v) is 10.7. The molecule has 1 atom stereocenters. The molecule has 152 valence electrons. The molecule has 9 nitrogen and oxygen atoms in total. The Kier molecular flexibility index (Phi) is 5.71. The van der Waals surface area contributed by atoms with Crippen molar-refractivity contribution in [1.82, 2.24) is 14.5 Å². The molecule has 1 aromatic rings. The van der Waals surface area contributed by atoms with Gasteiger partial charge in [-0.3, -0.25) is 14.4 Å². The van der Waals surface area contributed by atoms with Crippen molar-refractivity contribution in [3.8, 4) is 0 Å². The van der Waals surface area contributed by atoms with Crippen LogP contribution in [0.2, 0.25) is 0 Å². The van der Waals surface area contributed by atoms with Crippen molar-refractivity contribution >= 4 is 33.4 Å². The quantitative estimate of drug-likeness (QED) is 0.728. The fraction of sp³-hybridized carbons (Fsp3) is 0.500. The van der Waals surface area contributed by atoms with Crippen molar-refractivity contribution in [2.75, 3.05) is 31.5 Å². The number of para-hydroxylation sites is 1. The van der Waals surface area contributed by atoms with Crippen LogP contribution in [-0.4, -0.2) is 72.8 Å². The number of hydrogen-bond acceptors (Lipinski definition) is 5. The largest absolute Gasteiger partial charge is 0.340 e. The molecule has 10 heteroatoms. The lowest BCUT2D eigenvalue weighted by atomic mass is 10.1. The van der Waals surface area contributed by atoms with Gasteiger partial charge in [0.15, 0.2) is 0 Å². The summed E-state index contributed by atoms with van der Waals surface area (Å²) < 4.78 is 25.8. The van der Waals surface area contributed by atoms with Gasteiger partial charge < -0.3 is 15.5 Å². The summed E-state index contributed by atoms with van der Waals surface area (Å²) in [6.45, 7) is 4.21. The van der Waals surface area contributed by atoms with Gasteiger partial charge in [0, 0.05) is 26.2 Å². The molecule has 2 N–H and O–H groups in total. The van der Waals surface area contributed by atoms with E-state index in [1.807, 2.05) is 0 Å². The highest BCUT2D eigenvalue weighted by atomic mass is 32.2. The lowest BCUT2D eigenvalue weighted by molar-refractivity contribution is -0.134. The summed E-state index contributed by atoms with van der Waals surface area (Å²) >= 11 is 0. The molecular formula is C18H24N4O5S. The predicted molar refractivity (Wildman–Crippen MR) is 103 cm³/mol. The van der Waals surface area contributed by atoms with Crippen molar-refractivity contribution in [2.24, 2.45) is 0 Å². The minimum absolute atomic E-state index is 0.178. The maximum Gasteiger partial charge on any atom is 0.254 e. The third kappa shape index (κ3) is 4.02. The summed E-state index contributed by atoms with van der Waals surface area (Å²) in [5, 5.41) is 4.76. The van der Waals surface area contributed by atoms with Crippen LogP contribution < -0.4 is 10.6 Å². The highest BCUT2D eigenvalue weighted by molar-refractivity contribution is 7.89. The molecule has 1 saturated heterocycles. The molecule has 0 saturated carbocycles. The third-order valence-corrected chi connectivity index (χ3v) is 7.25. The first-order valence-electron chi connectivity index (χ1n) is 9.17. The Morgan fingerprint density at radius 3 is 2.43 bits per heavy atom. The van der Waals surface area contributed by atoms with Gasteiger partial charge in [0.25, 0.3) is 5.91 Å². The van der Waals surface area contributed by atoms with Gasteiger partial charge in [0.1, 0.15) is 6.04 Å². The second-order valence-electron chi connectivity index (χ2n) is 7.14. The fourth-order valence-electron chi connectivity index (χ4n) is 3.25. The van der Waals surface area contributed by atoms with E-state index >= 15 is 0 Å². The van der Waals surface area contributed by atoms with Crippen LogP contribution in [0.5, 0.6) is 0 Å². The van der Waals surface area contributed by atoms with Crippen LogP contribution >= 0.6 is 0 Å². The number of hydrogen-bond donors (Lipinski definition) is 2. The predicted octanol–water partition coefficient (Wildman–Crippen LogP) is 0.00960. The van der Waals surface area contributed by atoms with Gasteiger partial charge >= 0.3 is 0 Å². The van der Waals surface area contributed by atoms with Gasteiger partial charge in [-0.25, -0.2) is 8.42 Å². The van der Waals surface area contributed by atoms with Crippen LogP contribution in [0.25, 0.3) is 0 Å². The number of carbonyl (C=O) groups excluding carboxylic acids is 3. The topological polar surface area (TPSA) is 116 Å². The average Bonchev–Trinajstić information content (AvgIpc) is 2.78. The first-order chi connectivity index (χ1) is 13.2. The first kappa shape index (κ1) is 20.3. The van der Waals surface area contributed by atoms with Gasteiger partial charge in [-0.05, 0) is 26.0 Å². The number of anilines is 1. The summed E-state index contributed by atoms with van der Waals surface area (Å²) in [6, 6.07) is 5.66. The van der Waals surface area contributed by atoms with Crippen LogP contribution in [0, 0.1) is 0 Å². The van der Waals surface area contributed by atoms with E-state index in [-0.39, 0.29) is 38.5 Å². The lowest BCUT2D eigenvalue weighted by Gasteiger charge is -2.35. The average molecular weight is 408 g/mol.